The molecule has 0 spiro atoms. The highest BCUT2D eigenvalue weighted by Gasteiger charge is 2.16. The highest BCUT2D eigenvalue weighted by atomic mass is 16.5. The Hall–Kier alpha value is -3.48. The standard InChI is InChI=1S/C20H19N3O4/c24-17(21-12-6-9-14-7-2-1-3-8-14)13-27-20(26)18-15-10-4-5-11-16(15)19(25)23-22-18/h1-5,7-8,10-11H,6,9,12-13H2,(H,21,24)(H,23,25). The number of rotatable bonds is 7. The number of ether oxygens (including phenoxy) is 1. The summed E-state index contributed by atoms with van der Waals surface area (Å²) in [7, 11) is 0. The largest absolute Gasteiger partial charge is 0.451 e. The highest BCUT2D eigenvalue weighted by Crippen LogP contribution is 2.13. The number of hydrogen-bond acceptors (Lipinski definition) is 5. The summed E-state index contributed by atoms with van der Waals surface area (Å²) in [5.41, 5.74) is 0.787. The fourth-order valence-electron chi connectivity index (χ4n) is 2.69. The van der Waals surface area contributed by atoms with Crippen molar-refractivity contribution >= 4 is 22.6 Å². The second-order valence-electron chi connectivity index (χ2n) is 5.96. The molecule has 0 saturated heterocycles. The van der Waals surface area contributed by atoms with Gasteiger partial charge in [0.25, 0.3) is 11.5 Å². The Morgan fingerprint density at radius 3 is 2.48 bits per heavy atom. The van der Waals surface area contributed by atoms with E-state index in [2.05, 4.69) is 15.5 Å². The van der Waals surface area contributed by atoms with Gasteiger partial charge in [-0.05, 0) is 24.5 Å². The zero-order chi connectivity index (χ0) is 19.1. The molecule has 2 aromatic carbocycles. The minimum atomic E-state index is -0.762. The first-order chi connectivity index (χ1) is 13.1. The van der Waals surface area contributed by atoms with E-state index in [0.717, 1.165) is 12.8 Å². The molecule has 0 aliphatic heterocycles. The number of nitrogens with one attached hydrogen (secondary N) is 2. The second-order valence-corrected chi connectivity index (χ2v) is 5.96. The van der Waals surface area contributed by atoms with Gasteiger partial charge in [-0.25, -0.2) is 9.89 Å². The van der Waals surface area contributed by atoms with Gasteiger partial charge in [-0.1, -0.05) is 48.5 Å². The maximum Gasteiger partial charge on any atom is 0.359 e. The first-order valence-corrected chi connectivity index (χ1v) is 8.60. The molecule has 1 heterocycles. The number of fused-ring (bicyclic) bond motifs is 1. The van der Waals surface area contributed by atoms with Crippen molar-refractivity contribution in [3.63, 3.8) is 0 Å². The lowest BCUT2D eigenvalue weighted by atomic mass is 10.1. The molecule has 7 nitrogen and oxygen atoms in total. The summed E-state index contributed by atoms with van der Waals surface area (Å²) in [5, 5.41) is 9.44. The fourth-order valence-corrected chi connectivity index (χ4v) is 2.69. The summed E-state index contributed by atoms with van der Waals surface area (Å²) in [6.07, 6.45) is 1.64. The molecule has 0 saturated carbocycles. The topological polar surface area (TPSA) is 101 Å². The number of hydrogen-bond donors (Lipinski definition) is 2. The van der Waals surface area contributed by atoms with Gasteiger partial charge in [-0.15, -0.1) is 0 Å². The molecule has 138 valence electrons. The molecule has 0 fully saturated rings. The maximum absolute atomic E-state index is 12.2. The molecule has 0 bridgehead atoms. The number of aromatic amines is 1. The third-order valence-electron chi connectivity index (χ3n) is 4.03. The van der Waals surface area contributed by atoms with Crippen molar-refractivity contribution in [2.75, 3.05) is 13.2 Å². The quantitative estimate of drug-likeness (QED) is 0.491. The van der Waals surface area contributed by atoms with E-state index in [1.165, 1.54) is 5.56 Å². The summed E-state index contributed by atoms with van der Waals surface area (Å²) in [4.78, 5) is 35.8. The molecule has 7 heteroatoms. The summed E-state index contributed by atoms with van der Waals surface area (Å²) in [5.74, 6) is -1.15. The third kappa shape index (κ3) is 4.78. The number of amides is 1. The molecular weight excluding hydrogens is 346 g/mol. The van der Waals surface area contributed by atoms with Gasteiger partial charge in [0.2, 0.25) is 0 Å². The lowest BCUT2D eigenvalue weighted by Gasteiger charge is -2.07. The zero-order valence-corrected chi connectivity index (χ0v) is 14.6. The third-order valence-corrected chi connectivity index (χ3v) is 4.03. The van der Waals surface area contributed by atoms with Gasteiger partial charge in [-0.3, -0.25) is 9.59 Å². The molecule has 2 N–H and O–H groups in total. The van der Waals surface area contributed by atoms with Crippen molar-refractivity contribution in [3.8, 4) is 0 Å². The van der Waals surface area contributed by atoms with Gasteiger partial charge in [0.15, 0.2) is 12.3 Å². The number of carbonyl (C=O) groups excluding carboxylic acids is 2. The molecular formula is C20H19N3O4. The van der Waals surface area contributed by atoms with Crippen molar-refractivity contribution in [1.29, 1.82) is 0 Å². The number of benzene rings is 2. The van der Waals surface area contributed by atoms with E-state index in [-0.39, 0.29) is 11.6 Å². The molecule has 3 aromatic rings. The average molecular weight is 365 g/mol. The summed E-state index contributed by atoms with van der Waals surface area (Å²) in [6.45, 7) is 0.0877. The molecule has 27 heavy (non-hydrogen) atoms. The predicted molar refractivity (Wildman–Crippen MR) is 100 cm³/mol. The summed E-state index contributed by atoms with van der Waals surface area (Å²) in [6, 6.07) is 16.6. The minimum Gasteiger partial charge on any atom is -0.451 e. The molecule has 3 rings (SSSR count). The Balaban J connectivity index is 1.48. The maximum atomic E-state index is 12.2. The molecule has 0 atom stereocenters. The van der Waals surface area contributed by atoms with E-state index >= 15 is 0 Å². The Labute approximate surface area is 155 Å². The number of aryl methyl sites for hydroxylation is 1. The lowest BCUT2D eigenvalue weighted by Crippen LogP contribution is -2.30. The second kappa shape index (κ2) is 8.75. The van der Waals surface area contributed by atoms with E-state index in [4.69, 9.17) is 4.74 Å². The Morgan fingerprint density at radius 1 is 1.00 bits per heavy atom. The molecule has 0 aliphatic carbocycles. The number of aromatic nitrogens is 2. The zero-order valence-electron chi connectivity index (χ0n) is 14.6. The van der Waals surface area contributed by atoms with E-state index in [1.807, 2.05) is 30.3 Å². The Kier molecular flexibility index (Phi) is 5.94. The summed E-state index contributed by atoms with van der Waals surface area (Å²) >= 11 is 0. The number of esters is 1. The number of nitrogens with zero attached hydrogens (tertiary/aromatic N) is 1. The van der Waals surface area contributed by atoms with Crippen molar-refractivity contribution in [3.05, 3.63) is 76.2 Å². The Bertz CT molecular complexity index is 999. The first-order valence-electron chi connectivity index (χ1n) is 8.60. The smallest absolute Gasteiger partial charge is 0.359 e. The van der Waals surface area contributed by atoms with Gasteiger partial charge in [0, 0.05) is 11.9 Å². The molecule has 1 aromatic heterocycles. The molecule has 0 aliphatic rings. The van der Waals surface area contributed by atoms with E-state index < -0.39 is 18.1 Å². The van der Waals surface area contributed by atoms with Crippen molar-refractivity contribution in [2.45, 2.75) is 12.8 Å². The van der Waals surface area contributed by atoms with Crippen LogP contribution < -0.4 is 10.9 Å². The van der Waals surface area contributed by atoms with E-state index in [1.54, 1.807) is 24.3 Å². The number of H-pyrrole nitrogens is 1. The van der Waals surface area contributed by atoms with Crippen LogP contribution >= 0.6 is 0 Å². The van der Waals surface area contributed by atoms with E-state index in [9.17, 15) is 14.4 Å². The van der Waals surface area contributed by atoms with Gasteiger partial charge >= 0.3 is 5.97 Å². The van der Waals surface area contributed by atoms with Gasteiger partial charge in [0.05, 0.1) is 5.39 Å². The van der Waals surface area contributed by atoms with Crippen LogP contribution in [0, 0.1) is 0 Å². The van der Waals surface area contributed by atoms with Gasteiger partial charge < -0.3 is 10.1 Å². The first kappa shape index (κ1) is 18.3. The normalized spacial score (nSPS) is 10.5. The minimum absolute atomic E-state index is 0.0259. The lowest BCUT2D eigenvalue weighted by molar-refractivity contribution is -0.124. The van der Waals surface area contributed by atoms with E-state index in [0.29, 0.717) is 17.3 Å². The average Bonchev–Trinajstić information content (AvgIpc) is 2.71. The summed E-state index contributed by atoms with van der Waals surface area (Å²) < 4.78 is 5.02. The highest BCUT2D eigenvalue weighted by molar-refractivity contribution is 6.02. The van der Waals surface area contributed by atoms with Crippen LogP contribution in [0.3, 0.4) is 0 Å². The van der Waals surface area contributed by atoms with Crippen LogP contribution in [0.15, 0.2) is 59.4 Å². The fraction of sp³-hybridized carbons (Fsp3) is 0.200. The molecule has 0 unspecified atom stereocenters. The van der Waals surface area contributed by atoms with Crippen LogP contribution in [0.2, 0.25) is 0 Å². The van der Waals surface area contributed by atoms with Crippen LogP contribution in [-0.4, -0.2) is 35.2 Å². The monoisotopic (exact) mass is 365 g/mol. The predicted octanol–water partition coefficient (Wildman–Crippen LogP) is 1.83. The molecule has 1 amide bonds. The SMILES string of the molecule is O=C(COC(=O)c1n[nH]c(=O)c2ccccc12)NCCCc1ccccc1. The van der Waals surface area contributed by atoms with Crippen LogP contribution in [0.5, 0.6) is 0 Å². The van der Waals surface area contributed by atoms with Gasteiger partial charge in [-0.2, -0.15) is 5.10 Å². The van der Waals surface area contributed by atoms with Crippen LogP contribution in [0.4, 0.5) is 0 Å². The van der Waals surface area contributed by atoms with Crippen LogP contribution in [0.25, 0.3) is 10.8 Å². The van der Waals surface area contributed by atoms with Crippen LogP contribution in [-0.2, 0) is 16.0 Å². The van der Waals surface area contributed by atoms with Gasteiger partial charge in [0.1, 0.15) is 0 Å². The van der Waals surface area contributed by atoms with Crippen molar-refractivity contribution in [2.24, 2.45) is 0 Å². The Morgan fingerprint density at radius 2 is 1.70 bits per heavy atom. The van der Waals surface area contributed by atoms with Crippen molar-refractivity contribution < 1.29 is 14.3 Å². The molecule has 0 radical (unpaired) electrons. The van der Waals surface area contributed by atoms with Crippen LogP contribution in [0.1, 0.15) is 22.5 Å². The van der Waals surface area contributed by atoms with Crippen molar-refractivity contribution in [1.82, 2.24) is 15.5 Å². The number of carbonyl (C=O) groups is 2.